The van der Waals surface area contributed by atoms with Crippen molar-refractivity contribution in [3.63, 3.8) is 0 Å². The van der Waals surface area contributed by atoms with Crippen LogP contribution in [0.4, 0.5) is 0 Å². The van der Waals surface area contributed by atoms with Crippen molar-refractivity contribution < 1.29 is 18.7 Å². The van der Waals surface area contributed by atoms with Gasteiger partial charge in [-0.05, 0) is 32.2 Å². The highest BCUT2D eigenvalue weighted by Gasteiger charge is 2.50. The molecule has 0 aromatic carbocycles. The summed E-state index contributed by atoms with van der Waals surface area (Å²) in [6, 6.07) is 0. The zero-order chi connectivity index (χ0) is 15.7. The smallest absolute Gasteiger partial charge is 0.360 e. The van der Waals surface area contributed by atoms with Crippen LogP contribution in [0.3, 0.4) is 0 Å². The normalized spacial score (nSPS) is 25.9. The van der Waals surface area contributed by atoms with Crippen LogP contribution in [0.15, 0.2) is 10.7 Å². The Balaban J connectivity index is 1.78. The van der Waals surface area contributed by atoms with Crippen molar-refractivity contribution in [2.75, 3.05) is 27.2 Å². The Bertz CT molecular complexity index is 585. The predicted octanol–water partition coefficient (Wildman–Crippen LogP) is 1.05. The molecule has 2 fully saturated rings. The fraction of sp³-hybridized carbons (Fsp3) is 0.667. The number of amides is 1. The molecule has 1 aromatic heterocycles. The van der Waals surface area contributed by atoms with E-state index in [1.165, 1.54) is 13.4 Å². The maximum atomic E-state index is 12.7. The van der Waals surface area contributed by atoms with Crippen molar-refractivity contribution >= 4 is 11.9 Å². The summed E-state index contributed by atoms with van der Waals surface area (Å²) in [5.74, 6) is 0.123. The van der Waals surface area contributed by atoms with Gasteiger partial charge in [0.1, 0.15) is 11.8 Å². The number of rotatable bonds is 3. The minimum Gasteiger partial charge on any atom is -0.464 e. The lowest BCUT2D eigenvalue weighted by Gasteiger charge is -2.43. The van der Waals surface area contributed by atoms with Gasteiger partial charge in [0.05, 0.1) is 13.7 Å². The number of carbonyl (C=O) groups excluding carboxylic acids is 2. The van der Waals surface area contributed by atoms with Crippen molar-refractivity contribution in [3.8, 4) is 0 Å². The molecule has 0 bridgehead atoms. The third kappa shape index (κ3) is 2.39. The van der Waals surface area contributed by atoms with Crippen molar-refractivity contribution in [2.45, 2.75) is 37.8 Å². The molecule has 7 heteroatoms. The largest absolute Gasteiger partial charge is 0.464 e. The topological polar surface area (TPSA) is 75.9 Å². The number of ether oxygens (including phenoxy) is 1. The zero-order valence-corrected chi connectivity index (χ0v) is 13.0. The van der Waals surface area contributed by atoms with Gasteiger partial charge >= 0.3 is 5.97 Å². The maximum absolute atomic E-state index is 12.7. The van der Waals surface area contributed by atoms with Gasteiger partial charge in [-0.25, -0.2) is 9.78 Å². The molecule has 0 N–H and O–H groups in total. The molecule has 3 heterocycles. The van der Waals surface area contributed by atoms with E-state index in [1.807, 2.05) is 11.9 Å². The first kappa shape index (κ1) is 15.0. The molecule has 120 valence electrons. The van der Waals surface area contributed by atoms with Crippen LogP contribution in [0.1, 0.15) is 42.1 Å². The minimum atomic E-state index is -0.514. The van der Waals surface area contributed by atoms with E-state index in [9.17, 15) is 9.59 Å². The number of likely N-dealkylation sites (tertiary alicyclic amines) is 2. The van der Waals surface area contributed by atoms with Crippen LogP contribution < -0.4 is 0 Å². The second-order valence-corrected chi connectivity index (χ2v) is 6.01. The van der Waals surface area contributed by atoms with E-state index in [0.29, 0.717) is 12.4 Å². The maximum Gasteiger partial charge on any atom is 0.360 e. The quantitative estimate of drug-likeness (QED) is 0.777. The van der Waals surface area contributed by atoms with E-state index in [0.717, 1.165) is 38.8 Å². The number of esters is 1. The Kier molecular flexibility index (Phi) is 3.90. The fourth-order valence-electron chi connectivity index (χ4n) is 3.61. The number of hydrogen-bond donors (Lipinski definition) is 0. The summed E-state index contributed by atoms with van der Waals surface area (Å²) in [6.45, 7) is 2.10. The summed E-state index contributed by atoms with van der Waals surface area (Å²) in [5, 5.41) is 0. The Morgan fingerprint density at radius 2 is 2.14 bits per heavy atom. The number of carbonyl (C=O) groups is 2. The molecule has 22 heavy (non-hydrogen) atoms. The number of aromatic nitrogens is 1. The third-order valence-electron chi connectivity index (χ3n) is 4.72. The van der Waals surface area contributed by atoms with Crippen LogP contribution >= 0.6 is 0 Å². The predicted molar refractivity (Wildman–Crippen MR) is 77.1 cm³/mol. The van der Waals surface area contributed by atoms with Crippen LogP contribution in [-0.4, -0.2) is 59.4 Å². The Morgan fingerprint density at radius 3 is 2.86 bits per heavy atom. The van der Waals surface area contributed by atoms with Gasteiger partial charge in [-0.3, -0.25) is 9.69 Å². The first-order valence-electron chi connectivity index (χ1n) is 7.60. The molecule has 7 nitrogen and oxygen atoms in total. The van der Waals surface area contributed by atoms with Gasteiger partial charge in [0, 0.05) is 13.6 Å². The molecule has 1 aromatic rings. The van der Waals surface area contributed by atoms with E-state index in [-0.39, 0.29) is 11.6 Å². The van der Waals surface area contributed by atoms with E-state index in [1.54, 1.807) is 0 Å². The minimum absolute atomic E-state index is 0.165. The molecule has 3 rings (SSSR count). The van der Waals surface area contributed by atoms with Crippen LogP contribution in [0.25, 0.3) is 0 Å². The number of likely N-dealkylation sites (N-methyl/N-ethyl adjacent to an activating group) is 1. The molecule has 0 radical (unpaired) electrons. The number of methoxy groups -OCH3 is 1. The summed E-state index contributed by atoms with van der Waals surface area (Å²) < 4.78 is 9.99. The Hall–Kier alpha value is -1.89. The van der Waals surface area contributed by atoms with Gasteiger partial charge in [0.15, 0.2) is 5.69 Å². The lowest BCUT2D eigenvalue weighted by atomic mass is 9.85. The van der Waals surface area contributed by atoms with Crippen LogP contribution in [0.2, 0.25) is 0 Å². The van der Waals surface area contributed by atoms with Gasteiger partial charge in [0.25, 0.3) is 0 Å². The molecule has 1 spiro atoms. The molecule has 2 aliphatic heterocycles. The summed E-state index contributed by atoms with van der Waals surface area (Å²) >= 11 is 0. The number of hydrogen-bond acceptors (Lipinski definition) is 6. The third-order valence-corrected chi connectivity index (χ3v) is 4.72. The Labute approximate surface area is 129 Å². The second kappa shape index (κ2) is 5.72. The highest BCUT2D eigenvalue weighted by Crippen LogP contribution is 2.38. The molecule has 1 amide bonds. The lowest BCUT2D eigenvalue weighted by Crippen LogP contribution is -2.58. The highest BCUT2D eigenvalue weighted by molar-refractivity contribution is 5.87. The van der Waals surface area contributed by atoms with Crippen molar-refractivity contribution in [3.05, 3.63) is 17.8 Å². The van der Waals surface area contributed by atoms with E-state index in [4.69, 9.17) is 4.42 Å². The summed E-state index contributed by atoms with van der Waals surface area (Å²) in [5.41, 5.74) is -0.259. The van der Waals surface area contributed by atoms with Crippen LogP contribution in [-0.2, 0) is 16.1 Å². The summed E-state index contributed by atoms with van der Waals surface area (Å²) in [7, 11) is 3.17. The SMILES string of the molecule is COC(=O)c1coc(CN2CCCC23CCCN(C)C3=O)n1. The summed E-state index contributed by atoms with van der Waals surface area (Å²) in [6.07, 6.45) is 5.06. The first-order chi connectivity index (χ1) is 10.6. The molecule has 1 atom stereocenters. The van der Waals surface area contributed by atoms with E-state index >= 15 is 0 Å². The van der Waals surface area contributed by atoms with E-state index in [2.05, 4.69) is 14.6 Å². The van der Waals surface area contributed by atoms with Gasteiger partial charge in [0.2, 0.25) is 11.8 Å². The number of piperidine rings is 1. The van der Waals surface area contributed by atoms with Gasteiger partial charge in [-0.2, -0.15) is 0 Å². The van der Waals surface area contributed by atoms with E-state index < -0.39 is 11.5 Å². The number of oxazole rings is 1. The average Bonchev–Trinajstić information content (AvgIpc) is 3.13. The zero-order valence-electron chi connectivity index (χ0n) is 13.0. The molecular weight excluding hydrogens is 286 g/mol. The summed E-state index contributed by atoms with van der Waals surface area (Å²) in [4.78, 5) is 32.2. The van der Waals surface area contributed by atoms with Crippen molar-refractivity contribution in [2.24, 2.45) is 0 Å². The average molecular weight is 307 g/mol. The molecule has 1 unspecified atom stereocenters. The molecule has 0 saturated carbocycles. The molecule has 0 aliphatic carbocycles. The lowest BCUT2D eigenvalue weighted by molar-refractivity contribution is -0.146. The first-order valence-corrected chi connectivity index (χ1v) is 7.60. The molecule has 2 aliphatic rings. The highest BCUT2D eigenvalue weighted by atomic mass is 16.5. The van der Waals surface area contributed by atoms with Crippen LogP contribution in [0, 0.1) is 0 Å². The van der Waals surface area contributed by atoms with Gasteiger partial charge < -0.3 is 14.1 Å². The standard InChI is InChI=1S/C15H21N3O4/c1-17-7-3-5-15(14(17)20)6-4-8-18(15)9-12-16-11(10-22-12)13(19)21-2/h10H,3-9H2,1-2H3. The van der Waals surface area contributed by atoms with Crippen molar-refractivity contribution in [1.82, 2.24) is 14.8 Å². The fourth-order valence-corrected chi connectivity index (χ4v) is 3.61. The number of nitrogens with zero attached hydrogens (tertiary/aromatic N) is 3. The second-order valence-electron chi connectivity index (χ2n) is 6.01. The van der Waals surface area contributed by atoms with Crippen molar-refractivity contribution in [1.29, 1.82) is 0 Å². The Morgan fingerprint density at radius 1 is 1.41 bits per heavy atom. The monoisotopic (exact) mass is 307 g/mol. The molecule has 2 saturated heterocycles. The van der Waals surface area contributed by atoms with Gasteiger partial charge in [-0.1, -0.05) is 0 Å². The molecular formula is C15H21N3O4. The van der Waals surface area contributed by atoms with Gasteiger partial charge in [-0.15, -0.1) is 0 Å². The van der Waals surface area contributed by atoms with Crippen LogP contribution in [0.5, 0.6) is 0 Å².